The highest BCUT2D eigenvalue weighted by atomic mass is 32.2. The number of fused-ring (bicyclic) bond motifs is 1. The molecule has 0 saturated heterocycles. The molecular weight excluding hydrogens is 262 g/mol. The van der Waals surface area contributed by atoms with Crippen LogP contribution in [0.15, 0.2) is 45.6 Å². The van der Waals surface area contributed by atoms with Gasteiger partial charge in [0.2, 0.25) is 0 Å². The average molecular weight is 277 g/mol. The van der Waals surface area contributed by atoms with Gasteiger partial charge in [-0.05, 0) is 18.6 Å². The zero-order valence-corrected chi connectivity index (χ0v) is 11.7. The lowest BCUT2D eigenvalue weighted by Gasteiger charge is -2.00. The van der Waals surface area contributed by atoms with Crippen LogP contribution in [0.2, 0.25) is 0 Å². The van der Waals surface area contributed by atoms with E-state index in [0.717, 1.165) is 11.1 Å². The molecule has 1 aromatic carbocycles. The van der Waals surface area contributed by atoms with E-state index in [-0.39, 0.29) is 5.97 Å². The second-order valence-corrected chi connectivity index (χ2v) is 4.80. The quantitative estimate of drug-likeness (QED) is 0.476. The van der Waals surface area contributed by atoms with E-state index >= 15 is 0 Å². The number of hydrogen-bond donors (Lipinski definition) is 0. The summed E-state index contributed by atoms with van der Waals surface area (Å²) in [5.41, 5.74) is 2.29. The topological polar surface area (TPSA) is 52.3 Å². The van der Waals surface area contributed by atoms with Gasteiger partial charge in [0.25, 0.3) is 5.22 Å². The molecule has 0 fully saturated rings. The van der Waals surface area contributed by atoms with Gasteiger partial charge in [-0.25, -0.2) is 9.78 Å². The Kier molecular flexibility index (Phi) is 4.63. The molecule has 2 rings (SSSR count). The fourth-order valence-corrected chi connectivity index (χ4v) is 2.37. The lowest BCUT2D eigenvalue weighted by atomic mass is 10.2. The Morgan fingerprint density at radius 3 is 2.95 bits per heavy atom. The Bertz CT molecular complexity index is 571. The Balaban J connectivity index is 2.02. The van der Waals surface area contributed by atoms with Crippen molar-refractivity contribution in [2.45, 2.75) is 18.6 Å². The van der Waals surface area contributed by atoms with Crippen LogP contribution in [-0.4, -0.2) is 23.8 Å². The third-order valence-electron chi connectivity index (χ3n) is 2.64. The summed E-state index contributed by atoms with van der Waals surface area (Å²) in [5, 5.41) is 0.609. The van der Waals surface area contributed by atoms with Crippen molar-refractivity contribution in [3.63, 3.8) is 0 Å². The molecule has 0 amide bonds. The van der Waals surface area contributed by atoms with E-state index in [0.29, 0.717) is 23.0 Å². The zero-order valence-electron chi connectivity index (χ0n) is 10.9. The van der Waals surface area contributed by atoms with Gasteiger partial charge in [-0.3, -0.25) is 0 Å². The van der Waals surface area contributed by atoms with Gasteiger partial charge >= 0.3 is 5.97 Å². The number of nitrogens with zero attached hydrogens (tertiary/aromatic N) is 1. The molecular formula is C14H15NO3S. The Morgan fingerprint density at radius 1 is 1.47 bits per heavy atom. The number of ether oxygens (including phenoxy) is 1. The molecule has 4 nitrogen and oxygen atoms in total. The molecule has 0 unspecified atom stereocenters. The van der Waals surface area contributed by atoms with Crippen LogP contribution in [0.25, 0.3) is 11.1 Å². The van der Waals surface area contributed by atoms with Gasteiger partial charge in [0.15, 0.2) is 5.58 Å². The standard InChI is InChI=1S/C14H15NO3S/c1-3-10(13(16)17-2)8-9-19-14-15-11-6-4-5-7-12(11)18-14/h4-8H,3,9H2,1-2H3. The van der Waals surface area contributed by atoms with Gasteiger partial charge in [0, 0.05) is 11.3 Å². The summed E-state index contributed by atoms with van der Waals surface area (Å²) in [6.07, 6.45) is 2.51. The van der Waals surface area contributed by atoms with Crippen LogP contribution in [0, 0.1) is 0 Å². The van der Waals surface area contributed by atoms with Crippen LogP contribution >= 0.6 is 11.8 Å². The van der Waals surface area contributed by atoms with E-state index in [2.05, 4.69) is 4.98 Å². The number of rotatable bonds is 5. The number of esters is 1. The highest BCUT2D eigenvalue weighted by molar-refractivity contribution is 7.99. The van der Waals surface area contributed by atoms with Crippen molar-refractivity contribution in [1.29, 1.82) is 0 Å². The normalized spacial score (nSPS) is 11.8. The minimum atomic E-state index is -0.277. The Morgan fingerprint density at radius 2 is 2.26 bits per heavy atom. The van der Waals surface area contributed by atoms with Crippen LogP contribution < -0.4 is 0 Å². The van der Waals surface area contributed by atoms with Gasteiger partial charge in [0.05, 0.1) is 7.11 Å². The van der Waals surface area contributed by atoms with E-state index in [4.69, 9.17) is 9.15 Å². The second-order valence-electron chi connectivity index (χ2n) is 3.83. The predicted molar refractivity (Wildman–Crippen MR) is 75.1 cm³/mol. The summed E-state index contributed by atoms with van der Waals surface area (Å²) in [7, 11) is 1.39. The monoisotopic (exact) mass is 277 g/mol. The van der Waals surface area contributed by atoms with Gasteiger partial charge in [0.1, 0.15) is 5.52 Å². The molecule has 0 bridgehead atoms. The molecule has 0 aliphatic heterocycles. The van der Waals surface area contributed by atoms with Crippen molar-refractivity contribution in [3.8, 4) is 0 Å². The Hall–Kier alpha value is -1.75. The van der Waals surface area contributed by atoms with E-state index in [9.17, 15) is 4.79 Å². The fraction of sp³-hybridized carbons (Fsp3) is 0.286. The number of oxazole rings is 1. The van der Waals surface area contributed by atoms with Crippen LogP contribution in [0.1, 0.15) is 13.3 Å². The maximum absolute atomic E-state index is 11.4. The largest absolute Gasteiger partial charge is 0.466 e. The second kappa shape index (κ2) is 6.43. The molecule has 0 atom stereocenters. The minimum Gasteiger partial charge on any atom is -0.466 e. The van der Waals surface area contributed by atoms with E-state index in [1.807, 2.05) is 37.3 Å². The number of methoxy groups -OCH3 is 1. The molecule has 5 heteroatoms. The highest BCUT2D eigenvalue weighted by Crippen LogP contribution is 2.23. The summed E-state index contributed by atoms with van der Waals surface area (Å²) in [4.78, 5) is 15.7. The molecule has 0 spiro atoms. The molecule has 1 aromatic heterocycles. The van der Waals surface area contributed by atoms with Crippen molar-refractivity contribution in [3.05, 3.63) is 35.9 Å². The number of benzene rings is 1. The van der Waals surface area contributed by atoms with Gasteiger partial charge in [-0.15, -0.1) is 0 Å². The lowest BCUT2D eigenvalue weighted by Crippen LogP contribution is -2.04. The van der Waals surface area contributed by atoms with Crippen LogP contribution in [0.3, 0.4) is 0 Å². The number of para-hydroxylation sites is 2. The molecule has 0 N–H and O–H groups in total. The van der Waals surface area contributed by atoms with Crippen molar-refractivity contribution >= 4 is 28.8 Å². The number of hydrogen-bond acceptors (Lipinski definition) is 5. The van der Waals surface area contributed by atoms with E-state index in [1.54, 1.807) is 0 Å². The first kappa shape index (κ1) is 13.7. The zero-order chi connectivity index (χ0) is 13.7. The van der Waals surface area contributed by atoms with Gasteiger partial charge < -0.3 is 9.15 Å². The van der Waals surface area contributed by atoms with Gasteiger partial charge in [-0.1, -0.05) is 36.9 Å². The lowest BCUT2D eigenvalue weighted by molar-refractivity contribution is -0.136. The molecule has 0 aliphatic carbocycles. The molecule has 0 saturated carbocycles. The maximum atomic E-state index is 11.4. The highest BCUT2D eigenvalue weighted by Gasteiger charge is 2.08. The third-order valence-corrected chi connectivity index (χ3v) is 3.39. The predicted octanol–water partition coefficient (Wildman–Crippen LogP) is 3.43. The van der Waals surface area contributed by atoms with Crippen molar-refractivity contribution in [1.82, 2.24) is 4.98 Å². The van der Waals surface area contributed by atoms with Crippen LogP contribution in [0.4, 0.5) is 0 Å². The van der Waals surface area contributed by atoms with Crippen molar-refractivity contribution < 1.29 is 13.9 Å². The number of carbonyl (C=O) groups is 1. The van der Waals surface area contributed by atoms with E-state index < -0.39 is 0 Å². The van der Waals surface area contributed by atoms with Crippen LogP contribution in [0.5, 0.6) is 0 Å². The first-order chi connectivity index (χ1) is 9.24. The third kappa shape index (κ3) is 3.38. The fourth-order valence-electron chi connectivity index (χ4n) is 1.63. The summed E-state index contributed by atoms with van der Waals surface area (Å²) in [6, 6.07) is 7.62. The first-order valence-corrected chi connectivity index (χ1v) is 6.99. The average Bonchev–Trinajstić information content (AvgIpc) is 2.85. The smallest absolute Gasteiger partial charge is 0.333 e. The maximum Gasteiger partial charge on any atom is 0.333 e. The summed E-state index contributed by atoms with van der Waals surface area (Å²) in [5.74, 6) is 0.353. The molecule has 19 heavy (non-hydrogen) atoms. The Labute approximate surface area is 115 Å². The molecule has 1 heterocycles. The van der Waals surface area contributed by atoms with Crippen LogP contribution in [-0.2, 0) is 9.53 Å². The first-order valence-electron chi connectivity index (χ1n) is 6.00. The molecule has 2 aromatic rings. The molecule has 0 radical (unpaired) electrons. The minimum absolute atomic E-state index is 0.277. The number of carbonyl (C=O) groups excluding carboxylic acids is 1. The van der Waals surface area contributed by atoms with E-state index in [1.165, 1.54) is 18.9 Å². The van der Waals surface area contributed by atoms with Crippen molar-refractivity contribution in [2.24, 2.45) is 0 Å². The number of thioether (sulfide) groups is 1. The SMILES string of the molecule is CCC(=CCSc1nc2ccccc2o1)C(=O)OC. The molecule has 100 valence electrons. The molecule has 0 aliphatic rings. The van der Waals surface area contributed by atoms with Crippen molar-refractivity contribution in [2.75, 3.05) is 12.9 Å². The summed E-state index contributed by atoms with van der Waals surface area (Å²) < 4.78 is 10.3. The van der Waals surface area contributed by atoms with Gasteiger partial charge in [-0.2, -0.15) is 0 Å². The summed E-state index contributed by atoms with van der Waals surface area (Å²) >= 11 is 1.46. The summed E-state index contributed by atoms with van der Waals surface area (Å²) in [6.45, 7) is 1.92. The number of aromatic nitrogens is 1.